The maximum atomic E-state index is 12.0. The second kappa shape index (κ2) is 4.53. The molecule has 90 valence electrons. The lowest BCUT2D eigenvalue weighted by Crippen LogP contribution is -2.51. The smallest absolute Gasteiger partial charge is 0.229 e. The van der Waals surface area contributed by atoms with Gasteiger partial charge in [0.25, 0.3) is 0 Å². The third-order valence-electron chi connectivity index (χ3n) is 3.77. The van der Waals surface area contributed by atoms with E-state index in [4.69, 9.17) is 0 Å². The van der Waals surface area contributed by atoms with Crippen molar-refractivity contribution in [3.05, 3.63) is 0 Å². The summed E-state index contributed by atoms with van der Waals surface area (Å²) in [6, 6.07) is 0. The molecule has 0 saturated carbocycles. The van der Waals surface area contributed by atoms with E-state index >= 15 is 0 Å². The Morgan fingerprint density at radius 1 is 1.19 bits per heavy atom. The highest BCUT2D eigenvalue weighted by Gasteiger charge is 2.43. The molecule has 2 heterocycles. The first-order valence-corrected chi connectivity index (χ1v) is 6.21. The topological polar surface area (TPSA) is 49.4 Å². The second-order valence-corrected chi connectivity index (χ2v) is 5.04. The molecule has 2 fully saturated rings. The van der Waals surface area contributed by atoms with E-state index in [2.05, 4.69) is 5.32 Å². The maximum absolute atomic E-state index is 12.0. The van der Waals surface area contributed by atoms with Crippen molar-refractivity contribution in [1.82, 2.24) is 10.2 Å². The van der Waals surface area contributed by atoms with E-state index in [1.54, 1.807) is 0 Å². The van der Waals surface area contributed by atoms with Crippen LogP contribution in [0.5, 0.6) is 0 Å². The zero-order valence-electron chi connectivity index (χ0n) is 9.92. The van der Waals surface area contributed by atoms with Crippen molar-refractivity contribution in [2.75, 3.05) is 19.6 Å². The van der Waals surface area contributed by atoms with Gasteiger partial charge in [-0.1, -0.05) is 6.92 Å². The summed E-state index contributed by atoms with van der Waals surface area (Å²) < 4.78 is 0. The Morgan fingerprint density at radius 3 is 2.25 bits per heavy atom. The predicted octanol–water partition coefficient (Wildman–Crippen LogP) is 0.915. The number of likely N-dealkylation sites (tertiary alicyclic amines) is 1. The summed E-state index contributed by atoms with van der Waals surface area (Å²) in [4.78, 5) is 25.4. The van der Waals surface area contributed by atoms with Crippen LogP contribution >= 0.6 is 0 Å². The third-order valence-corrected chi connectivity index (χ3v) is 3.77. The Balaban J connectivity index is 2.07. The molecule has 2 saturated heterocycles. The zero-order valence-corrected chi connectivity index (χ0v) is 9.92. The molecule has 0 aromatic carbocycles. The lowest BCUT2D eigenvalue weighted by Gasteiger charge is -2.42. The number of carbonyl (C=O) groups is 2. The summed E-state index contributed by atoms with van der Waals surface area (Å²) in [5.41, 5.74) is -0.0241. The molecule has 2 rings (SSSR count). The van der Waals surface area contributed by atoms with Crippen molar-refractivity contribution in [3.8, 4) is 0 Å². The standard InChI is InChI=1S/C12H20N2O2/c1-2-7-14-10(15)8-12(9-11(14)16)3-5-13-6-4-12/h13H,2-9H2,1H3. The molecule has 1 spiro atoms. The molecule has 0 bridgehead atoms. The van der Waals surface area contributed by atoms with Gasteiger partial charge in [-0.2, -0.15) is 0 Å². The van der Waals surface area contributed by atoms with E-state index in [9.17, 15) is 9.59 Å². The molecule has 2 aliphatic rings. The van der Waals surface area contributed by atoms with Crippen LogP contribution in [-0.2, 0) is 9.59 Å². The molecule has 0 radical (unpaired) electrons. The summed E-state index contributed by atoms with van der Waals surface area (Å²) in [6.07, 6.45) is 3.92. The first kappa shape index (κ1) is 11.6. The molecule has 1 N–H and O–H groups in total. The van der Waals surface area contributed by atoms with Crippen molar-refractivity contribution in [2.24, 2.45) is 5.41 Å². The molecule has 0 aromatic rings. The van der Waals surface area contributed by atoms with Crippen molar-refractivity contribution in [2.45, 2.75) is 39.0 Å². The molecule has 4 heteroatoms. The lowest BCUT2D eigenvalue weighted by atomic mass is 9.71. The Kier molecular flexibility index (Phi) is 3.28. The average Bonchev–Trinajstić information content (AvgIpc) is 2.24. The first-order chi connectivity index (χ1) is 7.67. The van der Waals surface area contributed by atoms with Crippen LogP contribution in [0.1, 0.15) is 39.0 Å². The SMILES string of the molecule is CCCN1C(=O)CC2(CCNCC2)CC1=O. The van der Waals surface area contributed by atoms with Gasteiger partial charge in [-0.25, -0.2) is 0 Å². The monoisotopic (exact) mass is 224 g/mol. The number of hydrogen-bond acceptors (Lipinski definition) is 3. The fraction of sp³-hybridized carbons (Fsp3) is 0.833. The van der Waals surface area contributed by atoms with Crippen LogP contribution in [0.4, 0.5) is 0 Å². The van der Waals surface area contributed by atoms with Gasteiger partial charge in [-0.3, -0.25) is 14.5 Å². The highest BCUT2D eigenvalue weighted by molar-refractivity contribution is 5.98. The Labute approximate surface area is 96.4 Å². The quantitative estimate of drug-likeness (QED) is 0.709. The van der Waals surface area contributed by atoms with E-state index < -0.39 is 0 Å². The number of carbonyl (C=O) groups excluding carboxylic acids is 2. The molecule has 4 nitrogen and oxygen atoms in total. The average molecular weight is 224 g/mol. The molecule has 0 aliphatic carbocycles. The van der Waals surface area contributed by atoms with Crippen LogP contribution in [0.2, 0.25) is 0 Å². The highest BCUT2D eigenvalue weighted by atomic mass is 16.2. The zero-order chi connectivity index (χ0) is 11.6. The highest BCUT2D eigenvalue weighted by Crippen LogP contribution is 2.40. The number of nitrogens with one attached hydrogen (secondary N) is 1. The minimum absolute atomic E-state index is 0.0241. The number of piperidine rings is 2. The van der Waals surface area contributed by atoms with Crippen LogP contribution in [0, 0.1) is 5.41 Å². The summed E-state index contributed by atoms with van der Waals surface area (Å²) >= 11 is 0. The minimum atomic E-state index is -0.0241. The lowest BCUT2D eigenvalue weighted by molar-refractivity contribution is -0.154. The van der Waals surface area contributed by atoms with Crippen LogP contribution in [0.3, 0.4) is 0 Å². The molecular formula is C12H20N2O2. The van der Waals surface area contributed by atoms with E-state index in [-0.39, 0.29) is 17.2 Å². The maximum Gasteiger partial charge on any atom is 0.229 e. The first-order valence-electron chi connectivity index (χ1n) is 6.21. The van der Waals surface area contributed by atoms with Gasteiger partial charge in [-0.05, 0) is 37.8 Å². The third kappa shape index (κ3) is 2.12. The van der Waals surface area contributed by atoms with E-state index in [1.165, 1.54) is 4.90 Å². The van der Waals surface area contributed by atoms with Gasteiger partial charge in [0.2, 0.25) is 11.8 Å². The number of nitrogens with zero attached hydrogens (tertiary/aromatic N) is 1. The van der Waals surface area contributed by atoms with Crippen molar-refractivity contribution in [3.63, 3.8) is 0 Å². The largest absolute Gasteiger partial charge is 0.317 e. The van der Waals surface area contributed by atoms with Gasteiger partial charge in [0.1, 0.15) is 0 Å². The normalized spacial score (nSPS) is 25.2. The van der Waals surface area contributed by atoms with Gasteiger partial charge in [0, 0.05) is 19.4 Å². The Hall–Kier alpha value is -0.900. The molecule has 2 aliphatic heterocycles. The van der Waals surface area contributed by atoms with Crippen LogP contribution in [-0.4, -0.2) is 36.3 Å². The fourth-order valence-electron chi connectivity index (χ4n) is 2.82. The van der Waals surface area contributed by atoms with Gasteiger partial charge in [-0.15, -0.1) is 0 Å². The van der Waals surface area contributed by atoms with Gasteiger partial charge in [0.05, 0.1) is 0 Å². The van der Waals surface area contributed by atoms with E-state index in [1.807, 2.05) is 6.92 Å². The summed E-state index contributed by atoms with van der Waals surface area (Å²) in [5.74, 6) is 0.0833. The number of imide groups is 1. The molecule has 2 amide bonds. The molecule has 0 atom stereocenters. The van der Waals surface area contributed by atoms with E-state index in [0.29, 0.717) is 19.4 Å². The summed E-state index contributed by atoms with van der Waals surface area (Å²) in [6.45, 7) is 4.46. The van der Waals surface area contributed by atoms with Crippen molar-refractivity contribution >= 4 is 11.8 Å². The van der Waals surface area contributed by atoms with Crippen molar-refractivity contribution < 1.29 is 9.59 Å². The van der Waals surface area contributed by atoms with Crippen LogP contribution in [0.25, 0.3) is 0 Å². The Bertz CT molecular complexity index is 275. The second-order valence-electron chi connectivity index (χ2n) is 5.04. The van der Waals surface area contributed by atoms with Gasteiger partial charge >= 0.3 is 0 Å². The Morgan fingerprint density at radius 2 is 1.75 bits per heavy atom. The minimum Gasteiger partial charge on any atom is -0.317 e. The van der Waals surface area contributed by atoms with Crippen LogP contribution in [0.15, 0.2) is 0 Å². The van der Waals surface area contributed by atoms with Crippen molar-refractivity contribution in [1.29, 1.82) is 0 Å². The fourth-order valence-corrected chi connectivity index (χ4v) is 2.82. The molecule has 0 unspecified atom stereocenters. The summed E-state index contributed by atoms with van der Waals surface area (Å²) in [5, 5.41) is 3.29. The molecule has 16 heavy (non-hydrogen) atoms. The number of amides is 2. The molecule has 0 aromatic heterocycles. The van der Waals surface area contributed by atoms with Gasteiger partial charge < -0.3 is 5.32 Å². The van der Waals surface area contributed by atoms with E-state index in [0.717, 1.165) is 32.4 Å². The number of rotatable bonds is 2. The number of hydrogen-bond donors (Lipinski definition) is 1. The van der Waals surface area contributed by atoms with Crippen LogP contribution < -0.4 is 5.32 Å². The van der Waals surface area contributed by atoms with Gasteiger partial charge in [0.15, 0.2) is 0 Å². The predicted molar refractivity (Wildman–Crippen MR) is 60.8 cm³/mol. The summed E-state index contributed by atoms with van der Waals surface area (Å²) in [7, 11) is 0. The molecular weight excluding hydrogens is 204 g/mol.